The Labute approximate surface area is 145 Å². The smallest absolute Gasteiger partial charge is 0.222 e. The maximum Gasteiger partial charge on any atom is 0.222 e. The van der Waals surface area contributed by atoms with E-state index in [1.807, 2.05) is 11.9 Å². The number of benzene rings is 1. The molecular weight excluding hydrogens is 298 g/mol. The molecule has 1 aromatic rings. The normalized spacial score (nSPS) is 29.9. The average molecular weight is 327 g/mol. The van der Waals surface area contributed by atoms with E-state index in [2.05, 4.69) is 41.1 Å². The van der Waals surface area contributed by atoms with Gasteiger partial charge < -0.3 is 4.90 Å². The summed E-state index contributed by atoms with van der Waals surface area (Å²) >= 11 is 0. The number of piperazine rings is 1. The van der Waals surface area contributed by atoms with Crippen molar-refractivity contribution in [2.75, 3.05) is 40.3 Å². The lowest BCUT2D eigenvalue weighted by molar-refractivity contribution is -0.129. The number of carbonyl (C=O) groups excluding carboxylic acids is 1. The molecule has 1 spiro atoms. The van der Waals surface area contributed by atoms with E-state index in [9.17, 15) is 4.79 Å². The van der Waals surface area contributed by atoms with Gasteiger partial charge >= 0.3 is 0 Å². The molecule has 4 rings (SSSR count). The van der Waals surface area contributed by atoms with E-state index in [-0.39, 0.29) is 5.54 Å². The van der Waals surface area contributed by atoms with Gasteiger partial charge in [0.05, 0.1) is 0 Å². The molecule has 1 unspecified atom stereocenters. The molecule has 3 aliphatic rings. The predicted octanol–water partition coefficient (Wildman–Crippen LogP) is 1.78. The molecular formula is C20H29N3O. The SMILES string of the molecule is CN1CCC2(CCC1=O)CN(C1Cc3ccccc3C1)CCN2C. The first kappa shape index (κ1) is 16.1. The quantitative estimate of drug-likeness (QED) is 0.787. The number of carbonyl (C=O) groups is 1. The molecule has 0 bridgehead atoms. The number of fused-ring (bicyclic) bond motifs is 1. The van der Waals surface area contributed by atoms with Crippen molar-refractivity contribution in [3.05, 3.63) is 35.4 Å². The van der Waals surface area contributed by atoms with Crippen LogP contribution in [0, 0.1) is 0 Å². The second-order valence-electron chi connectivity index (χ2n) is 8.01. The van der Waals surface area contributed by atoms with Crippen LogP contribution >= 0.6 is 0 Å². The van der Waals surface area contributed by atoms with E-state index in [1.165, 1.54) is 24.0 Å². The third kappa shape index (κ3) is 2.76. The highest BCUT2D eigenvalue weighted by Gasteiger charge is 2.43. The maximum absolute atomic E-state index is 12.1. The van der Waals surface area contributed by atoms with Gasteiger partial charge in [-0.15, -0.1) is 0 Å². The minimum absolute atomic E-state index is 0.174. The molecule has 1 aromatic carbocycles. The number of hydrogen-bond acceptors (Lipinski definition) is 3. The van der Waals surface area contributed by atoms with Crippen LogP contribution in [0.15, 0.2) is 24.3 Å². The van der Waals surface area contributed by atoms with E-state index in [4.69, 9.17) is 0 Å². The van der Waals surface area contributed by atoms with E-state index < -0.39 is 0 Å². The summed E-state index contributed by atoms with van der Waals surface area (Å²) < 4.78 is 0. The lowest BCUT2D eigenvalue weighted by Crippen LogP contribution is -2.63. The molecule has 2 fully saturated rings. The highest BCUT2D eigenvalue weighted by Crippen LogP contribution is 2.35. The first-order valence-electron chi connectivity index (χ1n) is 9.33. The van der Waals surface area contributed by atoms with Crippen LogP contribution in [0.4, 0.5) is 0 Å². The Bertz CT molecular complexity index is 606. The fourth-order valence-electron chi connectivity index (χ4n) is 4.89. The second kappa shape index (κ2) is 6.16. The highest BCUT2D eigenvalue weighted by molar-refractivity contribution is 5.76. The van der Waals surface area contributed by atoms with Crippen LogP contribution in [-0.2, 0) is 17.6 Å². The summed E-state index contributed by atoms with van der Waals surface area (Å²) in [6, 6.07) is 9.56. The van der Waals surface area contributed by atoms with Crippen LogP contribution in [0.3, 0.4) is 0 Å². The maximum atomic E-state index is 12.1. The number of rotatable bonds is 1. The van der Waals surface area contributed by atoms with Crippen molar-refractivity contribution in [3.63, 3.8) is 0 Å². The van der Waals surface area contributed by atoms with Gasteiger partial charge in [-0.25, -0.2) is 0 Å². The number of hydrogen-bond donors (Lipinski definition) is 0. The first-order chi connectivity index (χ1) is 11.6. The summed E-state index contributed by atoms with van der Waals surface area (Å²) in [7, 11) is 4.21. The monoisotopic (exact) mass is 327 g/mol. The molecule has 0 aromatic heterocycles. The number of amides is 1. The fraction of sp³-hybridized carbons (Fsp3) is 0.650. The Hall–Kier alpha value is -1.39. The molecule has 0 radical (unpaired) electrons. The minimum atomic E-state index is 0.174. The van der Waals surface area contributed by atoms with Gasteiger partial charge in [0.1, 0.15) is 0 Å². The van der Waals surface area contributed by atoms with Crippen molar-refractivity contribution < 1.29 is 4.79 Å². The van der Waals surface area contributed by atoms with Gasteiger partial charge in [-0.1, -0.05) is 24.3 Å². The van der Waals surface area contributed by atoms with Crippen LogP contribution in [0.2, 0.25) is 0 Å². The number of nitrogens with zero attached hydrogens (tertiary/aromatic N) is 3. The largest absolute Gasteiger partial charge is 0.346 e. The summed E-state index contributed by atoms with van der Waals surface area (Å²) in [6.45, 7) is 4.27. The second-order valence-corrected chi connectivity index (χ2v) is 8.01. The Balaban J connectivity index is 1.50. The molecule has 4 heteroatoms. The summed E-state index contributed by atoms with van der Waals surface area (Å²) in [6.07, 6.45) is 5.17. The van der Waals surface area contributed by atoms with Crippen molar-refractivity contribution in [3.8, 4) is 0 Å². The molecule has 2 saturated heterocycles. The first-order valence-corrected chi connectivity index (χ1v) is 9.33. The van der Waals surface area contributed by atoms with E-state index in [0.29, 0.717) is 18.4 Å². The number of likely N-dealkylation sites (tertiary alicyclic amines) is 1. The van der Waals surface area contributed by atoms with Crippen molar-refractivity contribution in [1.29, 1.82) is 0 Å². The van der Waals surface area contributed by atoms with Crippen LogP contribution < -0.4 is 0 Å². The topological polar surface area (TPSA) is 26.8 Å². The molecule has 4 nitrogen and oxygen atoms in total. The van der Waals surface area contributed by atoms with E-state index >= 15 is 0 Å². The van der Waals surface area contributed by atoms with Gasteiger partial charge in [-0.2, -0.15) is 0 Å². The van der Waals surface area contributed by atoms with E-state index in [0.717, 1.165) is 39.0 Å². The van der Waals surface area contributed by atoms with Gasteiger partial charge in [-0.05, 0) is 43.9 Å². The Kier molecular flexibility index (Phi) is 4.13. The zero-order valence-electron chi connectivity index (χ0n) is 15.0. The van der Waals surface area contributed by atoms with Crippen molar-refractivity contribution in [2.24, 2.45) is 0 Å². The van der Waals surface area contributed by atoms with Crippen LogP contribution in [-0.4, -0.2) is 72.5 Å². The van der Waals surface area contributed by atoms with Gasteiger partial charge in [0.25, 0.3) is 0 Å². The molecule has 130 valence electrons. The molecule has 1 atom stereocenters. The van der Waals surface area contributed by atoms with Crippen molar-refractivity contribution in [2.45, 2.75) is 43.7 Å². The highest BCUT2D eigenvalue weighted by atomic mass is 16.2. The van der Waals surface area contributed by atoms with E-state index in [1.54, 1.807) is 0 Å². The van der Waals surface area contributed by atoms with Gasteiger partial charge in [-0.3, -0.25) is 14.6 Å². The molecule has 2 heterocycles. The summed E-state index contributed by atoms with van der Waals surface area (Å²) in [4.78, 5) is 19.3. The molecule has 24 heavy (non-hydrogen) atoms. The summed E-state index contributed by atoms with van der Waals surface area (Å²) in [5, 5.41) is 0. The zero-order valence-corrected chi connectivity index (χ0v) is 15.0. The van der Waals surface area contributed by atoms with Gasteiger partial charge in [0.15, 0.2) is 0 Å². The minimum Gasteiger partial charge on any atom is -0.346 e. The third-order valence-electron chi connectivity index (χ3n) is 6.72. The van der Waals surface area contributed by atoms with Crippen LogP contribution in [0.1, 0.15) is 30.4 Å². The van der Waals surface area contributed by atoms with Gasteiger partial charge in [0, 0.05) is 51.2 Å². The molecule has 1 amide bonds. The molecule has 0 saturated carbocycles. The average Bonchev–Trinajstić information content (AvgIpc) is 2.97. The summed E-state index contributed by atoms with van der Waals surface area (Å²) in [5.41, 5.74) is 3.24. The lowest BCUT2D eigenvalue weighted by atomic mass is 9.85. The number of likely N-dealkylation sites (N-methyl/N-ethyl adjacent to an activating group) is 1. The van der Waals surface area contributed by atoms with Crippen molar-refractivity contribution in [1.82, 2.24) is 14.7 Å². The fourth-order valence-corrected chi connectivity index (χ4v) is 4.89. The van der Waals surface area contributed by atoms with Gasteiger partial charge in [0.2, 0.25) is 5.91 Å². The molecule has 0 N–H and O–H groups in total. The summed E-state index contributed by atoms with van der Waals surface area (Å²) in [5.74, 6) is 0.311. The lowest BCUT2D eigenvalue weighted by Gasteiger charge is -2.51. The Morgan fingerprint density at radius 3 is 2.42 bits per heavy atom. The Morgan fingerprint density at radius 1 is 1.00 bits per heavy atom. The standard InChI is InChI=1S/C20H29N3O/c1-21-10-9-20(8-7-19(21)24)15-23(12-11-22(20)2)18-13-16-5-3-4-6-17(16)14-18/h3-6,18H,7-15H2,1-2H3. The zero-order chi connectivity index (χ0) is 16.7. The van der Waals surface area contributed by atoms with Crippen LogP contribution in [0.5, 0.6) is 0 Å². The van der Waals surface area contributed by atoms with Crippen LogP contribution in [0.25, 0.3) is 0 Å². The Morgan fingerprint density at radius 2 is 1.71 bits per heavy atom. The predicted molar refractivity (Wildman–Crippen MR) is 96.1 cm³/mol. The van der Waals surface area contributed by atoms with Crippen molar-refractivity contribution >= 4 is 5.91 Å². The molecule has 1 aliphatic carbocycles. The third-order valence-corrected chi connectivity index (χ3v) is 6.72. The molecule has 2 aliphatic heterocycles.